The largest absolute Gasteiger partial charge is 0.457 e. The zero-order chi connectivity index (χ0) is 13.8. The summed E-state index contributed by atoms with van der Waals surface area (Å²) in [6.45, 7) is 0. The molecule has 0 aliphatic heterocycles. The second-order valence-corrected chi connectivity index (χ2v) is 3.66. The highest BCUT2D eigenvalue weighted by molar-refractivity contribution is 5.80. The first-order chi connectivity index (χ1) is 9.10. The van der Waals surface area contributed by atoms with Crippen molar-refractivity contribution in [3.63, 3.8) is 0 Å². The van der Waals surface area contributed by atoms with Gasteiger partial charge in [-0.25, -0.2) is 4.39 Å². The maximum atomic E-state index is 13.0. The Bertz CT molecular complexity index is 642. The molecule has 0 aromatic heterocycles. The van der Waals surface area contributed by atoms with Crippen molar-refractivity contribution >= 4 is 12.0 Å². The molecule has 6 heteroatoms. The molecule has 0 spiro atoms. The molecule has 2 rings (SSSR count). The average Bonchev–Trinajstić information content (AvgIpc) is 2.39. The van der Waals surface area contributed by atoms with Gasteiger partial charge in [0.2, 0.25) is 0 Å². The summed E-state index contributed by atoms with van der Waals surface area (Å²) in [6, 6.07) is 8.98. The minimum atomic E-state index is -0.612. The zero-order valence-electron chi connectivity index (χ0n) is 9.58. The van der Waals surface area contributed by atoms with E-state index in [1.165, 1.54) is 30.3 Å². The molecular formula is C13H8FNO4. The summed E-state index contributed by atoms with van der Waals surface area (Å²) in [7, 11) is 0. The predicted octanol–water partition coefficient (Wildman–Crippen LogP) is 3.34. The van der Waals surface area contributed by atoms with Crippen molar-refractivity contribution in [2.24, 2.45) is 0 Å². The van der Waals surface area contributed by atoms with Gasteiger partial charge < -0.3 is 4.74 Å². The number of carbonyl (C=O) groups is 1. The third kappa shape index (κ3) is 2.92. The fourth-order valence-corrected chi connectivity index (χ4v) is 1.49. The highest BCUT2D eigenvalue weighted by Gasteiger charge is 2.12. The Hall–Kier alpha value is -2.76. The van der Waals surface area contributed by atoms with Gasteiger partial charge in [0.1, 0.15) is 17.3 Å². The number of aldehydes is 1. The first-order valence-electron chi connectivity index (χ1n) is 5.27. The molecule has 19 heavy (non-hydrogen) atoms. The fourth-order valence-electron chi connectivity index (χ4n) is 1.49. The van der Waals surface area contributed by atoms with Crippen LogP contribution in [0.3, 0.4) is 0 Å². The van der Waals surface area contributed by atoms with Crippen LogP contribution in [-0.2, 0) is 0 Å². The molecule has 0 aliphatic carbocycles. The Balaban J connectivity index is 2.35. The SMILES string of the molecule is O=Cc1cc([N+](=O)[O-])ccc1Oc1cccc(F)c1. The van der Waals surface area contributed by atoms with Crippen molar-refractivity contribution in [3.8, 4) is 11.5 Å². The van der Waals surface area contributed by atoms with Crippen LogP contribution in [0.2, 0.25) is 0 Å². The Morgan fingerprint density at radius 2 is 2.00 bits per heavy atom. The van der Waals surface area contributed by atoms with Gasteiger partial charge in [0.25, 0.3) is 5.69 Å². The van der Waals surface area contributed by atoms with E-state index in [1.807, 2.05) is 0 Å². The van der Waals surface area contributed by atoms with Gasteiger partial charge in [0.15, 0.2) is 6.29 Å². The molecule has 0 atom stereocenters. The van der Waals surface area contributed by atoms with E-state index in [0.29, 0.717) is 6.29 Å². The average molecular weight is 261 g/mol. The number of halogens is 1. The van der Waals surface area contributed by atoms with Gasteiger partial charge in [-0.15, -0.1) is 0 Å². The monoisotopic (exact) mass is 261 g/mol. The van der Waals surface area contributed by atoms with Gasteiger partial charge >= 0.3 is 0 Å². The molecule has 0 fully saturated rings. The molecule has 0 heterocycles. The van der Waals surface area contributed by atoms with Gasteiger partial charge in [0.05, 0.1) is 10.5 Å². The molecule has 0 N–H and O–H groups in total. The summed E-state index contributed by atoms with van der Waals surface area (Å²) < 4.78 is 18.3. The third-order valence-electron chi connectivity index (χ3n) is 2.36. The normalized spacial score (nSPS) is 9.95. The number of nitro benzene ring substituents is 1. The van der Waals surface area contributed by atoms with Gasteiger partial charge in [-0.1, -0.05) is 6.07 Å². The van der Waals surface area contributed by atoms with Crippen molar-refractivity contribution < 1.29 is 18.8 Å². The lowest BCUT2D eigenvalue weighted by Crippen LogP contribution is -1.94. The molecule has 0 aliphatic rings. The predicted molar refractivity (Wildman–Crippen MR) is 65.0 cm³/mol. The van der Waals surface area contributed by atoms with E-state index in [2.05, 4.69) is 0 Å². The molecule has 96 valence electrons. The number of hydrogen-bond acceptors (Lipinski definition) is 4. The van der Waals surface area contributed by atoms with Crippen molar-refractivity contribution in [2.45, 2.75) is 0 Å². The molecule has 2 aromatic carbocycles. The molecule has 0 unspecified atom stereocenters. The van der Waals surface area contributed by atoms with E-state index >= 15 is 0 Å². The molecular weight excluding hydrogens is 253 g/mol. The van der Waals surface area contributed by atoms with Crippen LogP contribution in [0.25, 0.3) is 0 Å². The number of ether oxygens (including phenoxy) is 1. The smallest absolute Gasteiger partial charge is 0.270 e. The van der Waals surface area contributed by atoms with E-state index in [9.17, 15) is 19.3 Å². The van der Waals surface area contributed by atoms with E-state index in [4.69, 9.17) is 4.74 Å². The lowest BCUT2D eigenvalue weighted by Gasteiger charge is -2.07. The second kappa shape index (κ2) is 5.26. The number of carbonyl (C=O) groups excluding carboxylic acids is 1. The molecule has 5 nitrogen and oxygen atoms in total. The van der Waals surface area contributed by atoms with Crippen molar-refractivity contribution in [2.75, 3.05) is 0 Å². The summed E-state index contributed by atoms with van der Waals surface area (Å²) in [5.74, 6) is -0.143. The van der Waals surface area contributed by atoms with Crippen molar-refractivity contribution in [1.29, 1.82) is 0 Å². The third-order valence-corrected chi connectivity index (χ3v) is 2.36. The number of rotatable bonds is 4. The molecule has 0 saturated heterocycles. The number of nitrogens with zero attached hydrogens (tertiary/aromatic N) is 1. The Morgan fingerprint density at radius 3 is 2.63 bits per heavy atom. The molecule has 2 aromatic rings. The lowest BCUT2D eigenvalue weighted by molar-refractivity contribution is -0.384. The van der Waals surface area contributed by atoms with E-state index in [0.717, 1.165) is 12.1 Å². The van der Waals surface area contributed by atoms with Gasteiger partial charge in [-0.2, -0.15) is 0 Å². The summed E-state index contributed by atoms with van der Waals surface area (Å²) in [5, 5.41) is 10.6. The molecule has 0 bridgehead atoms. The van der Waals surface area contributed by atoms with Crippen LogP contribution >= 0.6 is 0 Å². The van der Waals surface area contributed by atoms with Crippen molar-refractivity contribution in [1.82, 2.24) is 0 Å². The number of nitro groups is 1. The van der Waals surface area contributed by atoms with Crippen LogP contribution in [0.4, 0.5) is 10.1 Å². The first kappa shape index (κ1) is 12.7. The minimum absolute atomic E-state index is 0.0264. The van der Waals surface area contributed by atoms with E-state index in [1.54, 1.807) is 0 Å². The van der Waals surface area contributed by atoms with Gasteiger partial charge in [0, 0.05) is 18.2 Å². The van der Waals surface area contributed by atoms with Crippen LogP contribution in [0.1, 0.15) is 10.4 Å². The minimum Gasteiger partial charge on any atom is -0.457 e. The van der Waals surface area contributed by atoms with Crippen molar-refractivity contribution in [3.05, 3.63) is 64.0 Å². The molecule has 0 saturated carbocycles. The number of benzene rings is 2. The van der Waals surface area contributed by atoms with Crippen LogP contribution in [0.5, 0.6) is 11.5 Å². The quantitative estimate of drug-likeness (QED) is 0.480. The summed E-state index contributed by atoms with van der Waals surface area (Å²) >= 11 is 0. The Kier molecular flexibility index (Phi) is 3.51. The second-order valence-electron chi connectivity index (χ2n) is 3.66. The fraction of sp³-hybridized carbons (Fsp3) is 0. The van der Waals surface area contributed by atoms with E-state index < -0.39 is 10.7 Å². The zero-order valence-corrected chi connectivity index (χ0v) is 9.58. The van der Waals surface area contributed by atoms with Crippen LogP contribution in [0, 0.1) is 15.9 Å². The van der Waals surface area contributed by atoms with Gasteiger partial charge in [-0.05, 0) is 18.2 Å². The summed E-state index contributed by atoms with van der Waals surface area (Å²) in [4.78, 5) is 20.9. The molecule has 0 radical (unpaired) electrons. The maximum absolute atomic E-state index is 13.0. The van der Waals surface area contributed by atoms with E-state index in [-0.39, 0.29) is 22.7 Å². The highest BCUT2D eigenvalue weighted by atomic mass is 19.1. The van der Waals surface area contributed by atoms with Crippen LogP contribution in [-0.4, -0.2) is 11.2 Å². The summed E-state index contributed by atoms with van der Waals surface area (Å²) in [6.07, 6.45) is 0.446. The van der Waals surface area contributed by atoms with Gasteiger partial charge in [-0.3, -0.25) is 14.9 Å². The number of non-ortho nitro benzene ring substituents is 1. The summed E-state index contributed by atoms with van der Waals surface area (Å²) in [5.41, 5.74) is -0.188. The lowest BCUT2D eigenvalue weighted by atomic mass is 10.2. The standard InChI is InChI=1S/C13H8FNO4/c14-10-2-1-3-12(7-10)19-13-5-4-11(15(17)18)6-9(13)8-16/h1-8H. The van der Waals surface area contributed by atoms with Crippen LogP contribution < -0.4 is 4.74 Å². The van der Waals surface area contributed by atoms with Crippen LogP contribution in [0.15, 0.2) is 42.5 Å². The number of hydrogen-bond donors (Lipinski definition) is 0. The topological polar surface area (TPSA) is 69.4 Å². The Morgan fingerprint density at radius 1 is 1.21 bits per heavy atom. The first-order valence-corrected chi connectivity index (χ1v) is 5.27. The highest BCUT2D eigenvalue weighted by Crippen LogP contribution is 2.27. The molecule has 0 amide bonds. The maximum Gasteiger partial charge on any atom is 0.270 e. The Labute approximate surface area is 107 Å².